The van der Waals surface area contributed by atoms with Crippen LogP contribution in [-0.2, 0) is 6.42 Å². The van der Waals surface area contributed by atoms with Gasteiger partial charge in [0, 0.05) is 16.9 Å². The van der Waals surface area contributed by atoms with Crippen molar-refractivity contribution in [1.82, 2.24) is 0 Å². The van der Waals surface area contributed by atoms with Crippen LogP contribution in [0.5, 0.6) is 5.75 Å². The minimum Gasteiger partial charge on any atom is -0.484 e. The molecule has 0 bridgehead atoms. The highest BCUT2D eigenvalue weighted by Gasteiger charge is 2.26. The molecule has 0 saturated carbocycles. The van der Waals surface area contributed by atoms with E-state index in [0.29, 0.717) is 0 Å². The molecule has 0 amide bonds. The monoisotopic (exact) mass is 227 g/mol. The van der Waals surface area contributed by atoms with Gasteiger partial charge in [-0.2, -0.15) is 5.26 Å². The minimum absolute atomic E-state index is 0.0875. The van der Waals surface area contributed by atoms with Crippen molar-refractivity contribution in [1.29, 1.82) is 5.26 Å². The number of benzene rings is 1. The largest absolute Gasteiger partial charge is 0.484 e. The molecule has 0 aliphatic carbocycles. The third-order valence-corrected chi connectivity index (χ3v) is 3.74. The highest BCUT2D eigenvalue weighted by molar-refractivity contribution is 7.10. The predicted octanol–water partition coefficient (Wildman–Crippen LogP) is 3.30. The Hall–Kier alpha value is -1.79. The number of nitrogens with zero attached hydrogens (tertiary/aromatic N) is 1. The lowest BCUT2D eigenvalue weighted by Crippen LogP contribution is -2.00. The highest BCUT2D eigenvalue weighted by atomic mass is 32.1. The van der Waals surface area contributed by atoms with Crippen LogP contribution in [0.4, 0.5) is 0 Å². The summed E-state index contributed by atoms with van der Waals surface area (Å²) in [6, 6.07) is 12.0. The lowest BCUT2D eigenvalue weighted by atomic mass is 10.0. The van der Waals surface area contributed by atoms with E-state index >= 15 is 0 Å². The van der Waals surface area contributed by atoms with Crippen LogP contribution < -0.4 is 4.74 Å². The molecule has 1 aliphatic rings. The summed E-state index contributed by atoms with van der Waals surface area (Å²) in [5.41, 5.74) is 1.78. The molecule has 78 valence electrons. The molecule has 1 atom stereocenters. The number of hydrogen-bond donors (Lipinski definition) is 0. The van der Waals surface area contributed by atoms with Gasteiger partial charge >= 0.3 is 0 Å². The minimum atomic E-state index is 0.0875. The molecular formula is C13H9NOS. The Bertz CT molecular complexity index is 554. The molecule has 0 radical (unpaired) electrons. The summed E-state index contributed by atoms with van der Waals surface area (Å²) < 4.78 is 5.85. The Morgan fingerprint density at radius 2 is 2.25 bits per heavy atom. The van der Waals surface area contributed by atoms with Crippen LogP contribution in [0.15, 0.2) is 35.7 Å². The van der Waals surface area contributed by atoms with E-state index in [4.69, 9.17) is 10.00 Å². The molecule has 0 saturated heterocycles. The quantitative estimate of drug-likeness (QED) is 0.748. The van der Waals surface area contributed by atoms with Crippen molar-refractivity contribution in [3.63, 3.8) is 0 Å². The maximum atomic E-state index is 9.02. The number of thiophene rings is 1. The first-order chi connectivity index (χ1) is 7.88. The lowest BCUT2D eigenvalue weighted by Gasteiger charge is -2.07. The normalized spacial score (nSPS) is 17.6. The molecule has 1 unspecified atom stereocenters. The van der Waals surface area contributed by atoms with Gasteiger partial charge in [0.2, 0.25) is 0 Å². The molecule has 1 aromatic heterocycles. The van der Waals surface area contributed by atoms with E-state index in [1.54, 1.807) is 11.3 Å². The van der Waals surface area contributed by atoms with Crippen molar-refractivity contribution >= 4 is 11.3 Å². The van der Waals surface area contributed by atoms with Gasteiger partial charge in [0.15, 0.2) is 0 Å². The second-order valence-electron chi connectivity index (χ2n) is 3.72. The van der Waals surface area contributed by atoms with Crippen molar-refractivity contribution in [2.45, 2.75) is 12.5 Å². The number of fused-ring (bicyclic) bond motifs is 1. The van der Waals surface area contributed by atoms with E-state index in [-0.39, 0.29) is 6.10 Å². The first-order valence-corrected chi connectivity index (χ1v) is 5.98. The van der Waals surface area contributed by atoms with Crippen LogP contribution in [0.1, 0.15) is 22.1 Å². The Morgan fingerprint density at radius 3 is 3.00 bits per heavy atom. The van der Waals surface area contributed by atoms with Crippen LogP contribution in [-0.4, -0.2) is 0 Å². The predicted molar refractivity (Wildman–Crippen MR) is 62.5 cm³/mol. The Morgan fingerprint density at radius 1 is 1.31 bits per heavy atom. The van der Waals surface area contributed by atoms with Crippen molar-refractivity contribution in [3.8, 4) is 11.8 Å². The zero-order valence-corrected chi connectivity index (χ0v) is 9.33. The highest BCUT2D eigenvalue weighted by Crippen LogP contribution is 2.39. The topological polar surface area (TPSA) is 33.0 Å². The van der Waals surface area contributed by atoms with Crippen LogP contribution in [0, 0.1) is 11.3 Å². The second kappa shape index (κ2) is 3.66. The molecule has 0 spiro atoms. The summed E-state index contributed by atoms with van der Waals surface area (Å²) in [5, 5.41) is 11.1. The van der Waals surface area contributed by atoms with Gasteiger partial charge in [-0.1, -0.05) is 12.1 Å². The smallest absolute Gasteiger partial charge is 0.137 e. The van der Waals surface area contributed by atoms with Crippen LogP contribution in [0.2, 0.25) is 0 Å². The number of nitriles is 1. The second-order valence-corrected chi connectivity index (χ2v) is 4.70. The molecule has 2 aromatic rings. The molecule has 1 aromatic carbocycles. The van der Waals surface area contributed by atoms with Gasteiger partial charge in [-0.3, -0.25) is 0 Å². The van der Waals surface area contributed by atoms with E-state index in [1.165, 1.54) is 4.88 Å². The third-order valence-electron chi connectivity index (χ3n) is 2.77. The zero-order valence-electron chi connectivity index (χ0n) is 8.51. The molecule has 3 rings (SSSR count). The fourth-order valence-electron chi connectivity index (χ4n) is 2.00. The van der Waals surface area contributed by atoms with Gasteiger partial charge in [-0.15, -0.1) is 11.3 Å². The van der Waals surface area contributed by atoms with Gasteiger partial charge < -0.3 is 4.74 Å². The van der Waals surface area contributed by atoms with Crippen LogP contribution in [0.25, 0.3) is 0 Å². The maximum absolute atomic E-state index is 9.02. The molecule has 16 heavy (non-hydrogen) atoms. The first kappa shape index (κ1) is 9.44. The van der Waals surface area contributed by atoms with Crippen LogP contribution >= 0.6 is 11.3 Å². The summed E-state index contributed by atoms with van der Waals surface area (Å²) >= 11 is 1.70. The first-order valence-electron chi connectivity index (χ1n) is 5.10. The van der Waals surface area contributed by atoms with Gasteiger partial charge in [0.05, 0.1) is 11.6 Å². The fourth-order valence-corrected chi connectivity index (χ4v) is 2.76. The summed E-state index contributed by atoms with van der Waals surface area (Å²) in [6.07, 6.45) is 0.893. The zero-order chi connectivity index (χ0) is 11.0. The average molecular weight is 227 g/mol. The van der Waals surface area contributed by atoms with Gasteiger partial charge in [0.25, 0.3) is 0 Å². The molecule has 2 heterocycles. The van der Waals surface area contributed by atoms with E-state index < -0.39 is 0 Å². The van der Waals surface area contributed by atoms with Gasteiger partial charge in [-0.05, 0) is 23.6 Å². The number of ether oxygens (including phenoxy) is 1. The van der Waals surface area contributed by atoms with Crippen molar-refractivity contribution in [2.75, 3.05) is 0 Å². The molecule has 3 heteroatoms. The van der Waals surface area contributed by atoms with Gasteiger partial charge in [0.1, 0.15) is 11.9 Å². The van der Waals surface area contributed by atoms with E-state index in [2.05, 4.69) is 12.1 Å². The summed E-state index contributed by atoms with van der Waals surface area (Å²) in [6.45, 7) is 0. The summed E-state index contributed by atoms with van der Waals surface area (Å²) in [5.74, 6) is 0.859. The fraction of sp³-hybridized carbons (Fsp3) is 0.154. The SMILES string of the molecule is N#Cc1cccc2c1CC(c1cccs1)O2. The lowest BCUT2D eigenvalue weighted by molar-refractivity contribution is 0.243. The average Bonchev–Trinajstić information content (AvgIpc) is 2.96. The summed E-state index contributed by atoms with van der Waals surface area (Å²) in [4.78, 5) is 1.22. The molecule has 0 fully saturated rings. The molecule has 2 nitrogen and oxygen atoms in total. The third kappa shape index (κ3) is 1.39. The van der Waals surface area contributed by atoms with Crippen LogP contribution in [0.3, 0.4) is 0 Å². The standard InChI is InChI=1S/C13H9NOS/c14-8-9-3-1-4-11-10(9)7-12(15-11)13-5-2-6-16-13/h1-6,12H,7H2. The molecular weight excluding hydrogens is 218 g/mol. The Kier molecular flexibility index (Phi) is 2.16. The van der Waals surface area contributed by atoms with Gasteiger partial charge in [-0.25, -0.2) is 0 Å². The molecule has 1 aliphatic heterocycles. The number of hydrogen-bond acceptors (Lipinski definition) is 3. The van der Waals surface area contributed by atoms with E-state index in [0.717, 1.165) is 23.3 Å². The van der Waals surface area contributed by atoms with Crippen molar-refractivity contribution in [3.05, 3.63) is 51.7 Å². The Balaban J connectivity index is 1.98. The maximum Gasteiger partial charge on any atom is 0.137 e. The Labute approximate surface area is 97.7 Å². The number of rotatable bonds is 1. The summed E-state index contributed by atoms with van der Waals surface area (Å²) in [7, 11) is 0. The van der Waals surface area contributed by atoms with E-state index in [1.807, 2.05) is 29.6 Å². The molecule has 0 N–H and O–H groups in total. The van der Waals surface area contributed by atoms with Crippen molar-refractivity contribution in [2.24, 2.45) is 0 Å². The van der Waals surface area contributed by atoms with E-state index in [9.17, 15) is 0 Å². The van der Waals surface area contributed by atoms with Crippen molar-refractivity contribution < 1.29 is 4.74 Å².